The van der Waals surface area contributed by atoms with Gasteiger partial charge in [0.25, 0.3) is 0 Å². The molecule has 0 rings (SSSR count). The molecule has 0 atom stereocenters. The summed E-state index contributed by atoms with van der Waals surface area (Å²) in [4.78, 5) is 0. The van der Waals surface area contributed by atoms with Gasteiger partial charge in [-0.2, -0.15) is 0 Å². The van der Waals surface area contributed by atoms with Crippen LogP contribution in [0.25, 0.3) is 0 Å². The number of rotatable bonds is 6. The molecule has 0 fully saturated rings. The number of nitrogens with one attached hydrogen (secondary N) is 2. The zero-order valence-corrected chi connectivity index (χ0v) is 6.24. The summed E-state index contributed by atoms with van der Waals surface area (Å²) < 4.78 is 0. The van der Waals surface area contributed by atoms with Crippen molar-refractivity contribution < 1.29 is 0 Å². The van der Waals surface area contributed by atoms with Crippen molar-refractivity contribution in [2.75, 3.05) is 26.2 Å². The van der Waals surface area contributed by atoms with Gasteiger partial charge in [0.2, 0.25) is 0 Å². The summed E-state index contributed by atoms with van der Waals surface area (Å²) in [5, 5.41) is 6.40. The Balaban J connectivity index is 2.60. The Hall–Kier alpha value is -0.0800. The fourth-order valence-corrected chi connectivity index (χ4v) is 0.640. The Labute approximate surface area is 58.0 Å². The van der Waals surface area contributed by atoms with E-state index in [1.807, 2.05) is 0 Å². The molecule has 2 heteroatoms. The molecular formula is C7H17N2. The zero-order valence-electron chi connectivity index (χ0n) is 6.24. The Kier molecular flexibility index (Phi) is 7.85. The maximum Gasteiger partial charge on any atom is -0.00368 e. The zero-order chi connectivity index (χ0) is 6.95. The van der Waals surface area contributed by atoms with Crippen LogP contribution >= 0.6 is 0 Å². The highest BCUT2D eigenvalue weighted by atomic mass is 14.9. The SMILES string of the molecule is [CH2]CNCCCNCC. The average Bonchev–Trinajstić information content (AvgIpc) is 1.89. The number of hydrogen-bond donors (Lipinski definition) is 2. The van der Waals surface area contributed by atoms with Gasteiger partial charge in [-0.3, -0.25) is 0 Å². The maximum absolute atomic E-state index is 3.67. The molecule has 0 aromatic carbocycles. The fourth-order valence-electron chi connectivity index (χ4n) is 0.640. The molecule has 0 amide bonds. The lowest BCUT2D eigenvalue weighted by atomic mass is 10.4. The van der Waals surface area contributed by atoms with Gasteiger partial charge in [0.1, 0.15) is 0 Å². The van der Waals surface area contributed by atoms with Gasteiger partial charge in [-0.1, -0.05) is 6.92 Å². The highest BCUT2D eigenvalue weighted by molar-refractivity contribution is 4.50. The third kappa shape index (κ3) is 7.92. The van der Waals surface area contributed by atoms with Crippen LogP contribution in [0.15, 0.2) is 0 Å². The molecule has 0 aromatic heterocycles. The molecule has 9 heavy (non-hydrogen) atoms. The lowest BCUT2D eigenvalue weighted by Crippen LogP contribution is -2.21. The third-order valence-corrected chi connectivity index (χ3v) is 1.13. The molecule has 2 nitrogen and oxygen atoms in total. The van der Waals surface area contributed by atoms with Crippen molar-refractivity contribution in [1.82, 2.24) is 10.6 Å². The molecule has 0 spiro atoms. The molecule has 0 aliphatic heterocycles. The van der Waals surface area contributed by atoms with Crippen LogP contribution in [0.4, 0.5) is 0 Å². The Morgan fingerprint density at radius 1 is 1.22 bits per heavy atom. The molecule has 0 unspecified atom stereocenters. The second kappa shape index (κ2) is 7.92. The van der Waals surface area contributed by atoms with Gasteiger partial charge in [-0.15, -0.1) is 0 Å². The minimum absolute atomic E-state index is 0.839. The minimum Gasteiger partial charge on any atom is -0.317 e. The standard InChI is InChI=1S/C7H17N2/c1-3-8-6-5-7-9-4-2/h8-9H,1,3-7H2,2H3. The van der Waals surface area contributed by atoms with Crippen LogP contribution in [0.1, 0.15) is 13.3 Å². The Morgan fingerprint density at radius 2 is 1.89 bits per heavy atom. The molecule has 55 valence electrons. The van der Waals surface area contributed by atoms with Crippen LogP contribution in [-0.4, -0.2) is 26.2 Å². The van der Waals surface area contributed by atoms with Gasteiger partial charge < -0.3 is 10.6 Å². The Morgan fingerprint density at radius 3 is 2.44 bits per heavy atom. The predicted octanol–water partition coefficient (Wildman–Crippen LogP) is 0.410. The monoisotopic (exact) mass is 129 g/mol. The summed E-state index contributed by atoms with van der Waals surface area (Å²) in [6, 6.07) is 0. The van der Waals surface area contributed by atoms with E-state index in [1.165, 1.54) is 6.42 Å². The smallest absolute Gasteiger partial charge is 0.00368 e. The molecular weight excluding hydrogens is 112 g/mol. The average molecular weight is 129 g/mol. The molecule has 0 saturated carbocycles. The van der Waals surface area contributed by atoms with Gasteiger partial charge >= 0.3 is 0 Å². The van der Waals surface area contributed by atoms with E-state index in [2.05, 4.69) is 24.5 Å². The summed E-state index contributed by atoms with van der Waals surface area (Å²) in [5.74, 6) is 0. The summed E-state index contributed by atoms with van der Waals surface area (Å²) in [7, 11) is 0. The van der Waals surface area contributed by atoms with Gasteiger partial charge in [0.05, 0.1) is 0 Å². The molecule has 1 radical (unpaired) electrons. The van der Waals surface area contributed by atoms with Gasteiger partial charge in [-0.05, 0) is 39.5 Å². The highest BCUT2D eigenvalue weighted by Gasteiger charge is 1.82. The lowest BCUT2D eigenvalue weighted by molar-refractivity contribution is 0.628. The third-order valence-electron chi connectivity index (χ3n) is 1.13. The molecule has 0 saturated heterocycles. The summed E-state index contributed by atoms with van der Waals surface area (Å²) >= 11 is 0. The first-order chi connectivity index (χ1) is 4.41. The summed E-state index contributed by atoms with van der Waals surface area (Å²) in [5.41, 5.74) is 0. The van der Waals surface area contributed by atoms with Gasteiger partial charge in [-0.25, -0.2) is 0 Å². The fraction of sp³-hybridized carbons (Fsp3) is 0.857. The van der Waals surface area contributed by atoms with Crippen LogP contribution in [0.3, 0.4) is 0 Å². The lowest BCUT2D eigenvalue weighted by Gasteiger charge is -2.00. The van der Waals surface area contributed by atoms with E-state index < -0.39 is 0 Å². The quantitative estimate of drug-likeness (QED) is 0.508. The van der Waals surface area contributed by atoms with Crippen molar-refractivity contribution in [2.45, 2.75) is 13.3 Å². The van der Waals surface area contributed by atoms with Crippen molar-refractivity contribution in [2.24, 2.45) is 0 Å². The van der Waals surface area contributed by atoms with E-state index in [0.29, 0.717) is 0 Å². The predicted molar refractivity (Wildman–Crippen MR) is 41.4 cm³/mol. The van der Waals surface area contributed by atoms with Crippen molar-refractivity contribution in [1.29, 1.82) is 0 Å². The van der Waals surface area contributed by atoms with Gasteiger partial charge in [0.15, 0.2) is 0 Å². The summed E-state index contributed by atoms with van der Waals surface area (Å²) in [6.45, 7) is 9.90. The first kappa shape index (κ1) is 8.92. The Bertz CT molecular complexity index is 40.2. The van der Waals surface area contributed by atoms with Crippen molar-refractivity contribution in [3.05, 3.63) is 6.92 Å². The van der Waals surface area contributed by atoms with Gasteiger partial charge in [0, 0.05) is 0 Å². The molecule has 0 heterocycles. The largest absolute Gasteiger partial charge is 0.317 e. The van der Waals surface area contributed by atoms with Crippen molar-refractivity contribution >= 4 is 0 Å². The molecule has 0 bridgehead atoms. The van der Waals surface area contributed by atoms with E-state index in [-0.39, 0.29) is 0 Å². The van der Waals surface area contributed by atoms with E-state index in [1.54, 1.807) is 0 Å². The normalized spacial score (nSPS) is 10.0. The van der Waals surface area contributed by atoms with Crippen LogP contribution in [0.2, 0.25) is 0 Å². The highest BCUT2D eigenvalue weighted by Crippen LogP contribution is 1.70. The van der Waals surface area contributed by atoms with Crippen LogP contribution < -0.4 is 10.6 Å². The summed E-state index contributed by atoms with van der Waals surface area (Å²) in [6.07, 6.45) is 1.20. The van der Waals surface area contributed by atoms with Crippen molar-refractivity contribution in [3.8, 4) is 0 Å². The van der Waals surface area contributed by atoms with E-state index in [0.717, 1.165) is 26.2 Å². The number of hydrogen-bond acceptors (Lipinski definition) is 2. The van der Waals surface area contributed by atoms with Crippen LogP contribution in [0, 0.1) is 6.92 Å². The second-order valence-electron chi connectivity index (χ2n) is 1.96. The van der Waals surface area contributed by atoms with Crippen molar-refractivity contribution in [3.63, 3.8) is 0 Å². The molecule has 0 aliphatic rings. The first-order valence-corrected chi connectivity index (χ1v) is 3.62. The second-order valence-corrected chi connectivity index (χ2v) is 1.96. The van der Waals surface area contributed by atoms with E-state index >= 15 is 0 Å². The van der Waals surface area contributed by atoms with E-state index in [9.17, 15) is 0 Å². The maximum atomic E-state index is 3.67. The topological polar surface area (TPSA) is 24.1 Å². The van der Waals surface area contributed by atoms with E-state index in [4.69, 9.17) is 0 Å². The minimum atomic E-state index is 0.839. The van der Waals surface area contributed by atoms with Crippen LogP contribution in [0.5, 0.6) is 0 Å². The van der Waals surface area contributed by atoms with Crippen LogP contribution in [-0.2, 0) is 0 Å². The molecule has 0 aromatic rings. The molecule has 0 aliphatic carbocycles. The first-order valence-electron chi connectivity index (χ1n) is 3.62. The molecule has 2 N–H and O–H groups in total.